The van der Waals surface area contributed by atoms with Gasteiger partial charge in [0.25, 0.3) is 5.91 Å². The monoisotopic (exact) mass is 478 g/mol. The van der Waals surface area contributed by atoms with E-state index >= 15 is 0 Å². The first-order chi connectivity index (χ1) is 15.6. The predicted octanol–water partition coefficient (Wildman–Crippen LogP) is 6.57. The molecule has 9 heteroatoms. The van der Waals surface area contributed by atoms with E-state index in [0.29, 0.717) is 22.2 Å². The molecular formula is C23H18N4O2S3. The third-order valence-corrected chi connectivity index (χ3v) is 7.58. The Balaban J connectivity index is 1.40. The van der Waals surface area contributed by atoms with Crippen LogP contribution in [0.3, 0.4) is 0 Å². The summed E-state index contributed by atoms with van der Waals surface area (Å²) in [5, 5.41) is 15.4. The maximum Gasteiger partial charge on any atom is 0.293 e. The summed E-state index contributed by atoms with van der Waals surface area (Å²) in [7, 11) is 0. The molecule has 0 spiro atoms. The number of aromatic nitrogens is 3. The van der Waals surface area contributed by atoms with Crippen LogP contribution < -0.4 is 5.32 Å². The topological polar surface area (TPSA) is 80.9 Å². The van der Waals surface area contributed by atoms with Gasteiger partial charge in [0, 0.05) is 27.6 Å². The molecule has 1 amide bonds. The van der Waals surface area contributed by atoms with Crippen LogP contribution in [0.1, 0.15) is 26.7 Å². The van der Waals surface area contributed by atoms with Crippen LogP contribution in [0.15, 0.2) is 62.7 Å². The quantitative estimate of drug-likeness (QED) is 0.278. The Hall–Kier alpha value is -3.01. The Morgan fingerprint density at radius 3 is 2.69 bits per heavy atom. The molecule has 160 valence electrons. The van der Waals surface area contributed by atoms with Crippen molar-refractivity contribution in [2.45, 2.75) is 23.9 Å². The molecular weight excluding hydrogens is 460 g/mol. The van der Waals surface area contributed by atoms with Gasteiger partial charge in [0.05, 0.1) is 5.69 Å². The zero-order valence-electron chi connectivity index (χ0n) is 17.3. The smallest absolute Gasteiger partial charge is 0.293 e. The average molecular weight is 479 g/mol. The minimum absolute atomic E-state index is 0.298. The van der Waals surface area contributed by atoms with E-state index in [2.05, 4.69) is 20.5 Å². The molecule has 0 unspecified atom stereocenters. The number of anilines is 1. The first-order valence-corrected chi connectivity index (χ1v) is 12.5. The first kappa shape index (κ1) is 20.9. The molecule has 2 aromatic carbocycles. The second-order valence-electron chi connectivity index (χ2n) is 7.14. The van der Waals surface area contributed by atoms with Crippen LogP contribution in [-0.4, -0.2) is 21.1 Å². The van der Waals surface area contributed by atoms with Crippen LogP contribution >= 0.6 is 34.4 Å². The van der Waals surface area contributed by atoms with Gasteiger partial charge >= 0.3 is 0 Å². The molecule has 0 aliphatic rings. The van der Waals surface area contributed by atoms with Crippen molar-refractivity contribution in [2.75, 3.05) is 5.32 Å². The number of para-hydroxylation sites is 1. The minimum atomic E-state index is -0.310. The van der Waals surface area contributed by atoms with Gasteiger partial charge in [0.15, 0.2) is 15.2 Å². The van der Waals surface area contributed by atoms with Crippen LogP contribution in [0, 0.1) is 13.8 Å². The van der Waals surface area contributed by atoms with Crippen LogP contribution in [-0.2, 0) is 5.75 Å². The Morgan fingerprint density at radius 1 is 1.09 bits per heavy atom. The zero-order chi connectivity index (χ0) is 22.1. The summed E-state index contributed by atoms with van der Waals surface area (Å²) >= 11 is 4.47. The molecule has 6 nitrogen and oxygen atoms in total. The van der Waals surface area contributed by atoms with Gasteiger partial charge in [-0.1, -0.05) is 71.1 Å². The number of furan rings is 1. The lowest BCUT2D eigenvalue weighted by atomic mass is 10.1. The minimum Gasteiger partial charge on any atom is -0.451 e. The number of carbonyl (C=O) groups is 1. The van der Waals surface area contributed by atoms with E-state index < -0.39 is 0 Å². The van der Waals surface area contributed by atoms with Gasteiger partial charge in [-0.05, 0) is 19.9 Å². The molecule has 0 bridgehead atoms. The molecule has 5 aromatic rings. The predicted molar refractivity (Wildman–Crippen MR) is 131 cm³/mol. The molecule has 32 heavy (non-hydrogen) atoms. The van der Waals surface area contributed by atoms with E-state index in [0.717, 1.165) is 31.6 Å². The number of thiazole rings is 1. The number of benzene rings is 2. The lowest BCUT2D eigenvalue weighted by molar-refractivity contribution is 0.0998. The van der Waals surface area contributed by atoms with Crippen molar-refractivity contribution < 1.29 is 9.21 Å². The third-order valence-electron chi connectivity index (χ3n) is 4.82. The van der Waals surface area contributed by atoms with E-state index in [1.165, 1.54) is 28.2 Å². The number of aryl methyl sites for hydroxylation is 2. The van der Waals surface area contributed by atoms with Crippen molar-refractivity contribution in [3.8, 4) is 11.3 Å². The number of fused-ring (bicyclic) bond motifs is 1. The summed E-state index contributed by atoms with van der Waals surface area (Å²) in [6, 6.07) is 15.8. The molecule has 1 N–H and O–H groups in total. The highest BCUT2D eigenvalue weighted by Crippen LogP contribution is 2.34. The second-order valence-corrected chi connectivity index (χ2v) is 10.4. The molecule has 0 saturated heterocycles. The summed E-state index contributed by atoms with van der Waals surface area (Å²) in [6.07, 6.45) is 0. The van der Waals surface area contributed by atoms with Crippen molar-refractivity contribution in [1.29, 1.82) is 0 Å². The molecule has 3 heterocycles. The van der Waals surface area contributed by atoms with E-state index in [-0.39, 0.29) is 5.91 Å². The van der Waals surface area contributed by atoms with Gasteiger partial charge < -0.3 is 4.42 Å². The number of thioether (sulfide) groups is 1. The van der Waals surface area contributed by atoms with Crippen molar-refractivity contribution in [3.05, 3.63) is 75.8 Å². The SMILES string of the molecule is Cc1ccc(-c2csc(NC(=O)c3oc4ccccc4c3CSc3nnc(C)s3)n2)cc1. The van der Waals surface area contributed by atoms with Gasteiger partial charge in [-0.25, -0.2) is 4.98 Å². The first-order valence-electron chi connectivity index (χ1n) is 9.84. The fourth-order valence-corrected chi connectivity index (χ4v) is 5.80. The number of rotatable bonds is 6. The van der Waals surface area contributed by atoms with E-state index in [1.807, 2.05) is 67.8 Å². The Labute approximate surface area is 196 Å². The van der Waals surface area contributed by atoms with Gasteiger partial charge in [-0.2, -0.15) is 0 Å². The lowest BCUT2D eigenvalue weighted by Crippen LogP contribution is -2.12. The number of carbonyl (C=O) groups excluding carboxylic acids is 1. The number of hydrogen-bond donors (Lipinski definition) is 1. The lowest BCUT2D eigenvalue weighted by Gasteiger charge is -2.02. The van der Waals surface area contributed by atoms with E-state index in [9.17, 15) is 4.79 Å². The number of amides is 1. The third kappa shape index (κ3) is 4.32. The molecule has 5 rings (SSSR count). The molecule has 0 aliphatic carbocycles. The highest BCUT2D eigenvalue weighted by molar-refractivity contribution is 8.00. The van der Waals surface area contributed by atoms with Crippen molar-refractivity contribution >= 4 is 56.4 Å². The summed E-state index contributed by atoms with van der Waals surface area (Å²) in [4.78, 5) is 17.7. The standard InChI is InChI=1S/C23H18N4O2S3/c1-13-7-9-15(10-8-13)18-12-30-22(24-18)25-21(28)20-17(11-31-23-27-26-14(2)32-23)16-5-3-4-6-19(16)29-20/h3-10,12H,11H2,1-2H3,(H,24,25,28). The van der Waals surface area contributed by atoms with Crippen molar-refractivity contribution in [1.82, 2.24) is 15.2 Å². The molecule has 0 fully saturated rings. The van der Waals surface area contributed by atoms with Gasteiger partial charge in [-0.3, -0.25) is 10.1 Å². The number of nitrogens with zero attached hydrogens (tertiary/aromatic N) is 3. The van der Waals surface area contributed by atoms with Crippen molar-refractivity contribution in [3.63, 3.8) is 0 Å². The summed E-state index contributed by atoms with van der Waals surface area (Å²) in [5.41, 5.74) is 4.56. The maximum atomic E-state index is 13.1. The normalized spacial score (nSPS) is 11.2. The van der Waals surface area contributed by atoms with Gasteiger partial charge in [0.1, 0.15) is 10.6 Å². The zero-order valence-corrected chi connectivity index (χ0v) is 19.7. The van der Waals surface area contributed by atoms with E-state index in [1.54, 1.807) is 11.8 Å². The van der Waals surface area contributed by atoms with Crippen LogP contribution in [0.4, 0.5) is 5.13 Å². The largest absolute Gasteiger partial charge is 0.451 e. The van der Waals surface area contributed by atoms with Gasteiger partial charge in [-0.15, -0.1) is 21.5 Å². The summed E-state index contributed by atoms with van der Waals surface area (Å²) in [5.74, 6) is 0.544. The van der Waals surface area contributed by atoms with Crippen LogP contribution in [0.2, 0.25) is 0 Å². The van der Waals surface area contributed by atoms with E-state index in [4.69, 9.17) is 4.42 Å². The Kier molecular flexibility index (Phi) is 5.77. The summed E-state index contributed by atoms with van der Waals surface area (Å²) in [6.45, 7) is 3.97. The Morgan fingerprint density at radius 2 is 1.91 bits per heavy atom. The highest BCUT2D eigenvalue weighted by atomic mass is 32.2. The van der Waals surface area contributed by atoms with Crippen LogP contribution in [0.25, 0.3) is 22.2 Å². The number of nitrogens with one attached hydrogen (secondary N) is 1. The average Bonchev–Trinajstić information content (AvgIpc) is 3.51. The summed E-state index contributed by atoms with van der Waals surface area (Å²) < 4.78 is 6.81. The molecule has 0 atom stereocenters. The maximum absolute atomic E-state index is 13.1. The van der Waals surface area contributed by atoms with Gasteiger partial charge in [0.2, 0.25) is 0 Å². The molecule has 3 aromatic heterocycles. The highest BCUT2D eigenvalue weighted by Gasteiger charge is 2.22. The Bertz CT molecular complexity index is 1400. The molecule has 0 radical (unpaired) electrons. The second kappa shape index (κ2) is 8.85. The number of hydrogen-bond acceptors (Lipinski definition) is 8. The fourth-order valence-electron chi connectivity index (χ4n) is 3.24. The fraction of sp³-hybridized carbons (Fsp3) is 0.130. The molecule has 0 aliphatic heterocycles. The van der Waals surface area contributed by atoms with Crippen LogP contribution in [0.5, 0.6) is 0 Å². The van der Waals surface area contributed by atoms with Crippen molar-refractivity contribution in [2.24, 2.45) is 0 Å². The molecule has 0 saturated carbocycles.